The third-order valence-corrected chi connectivity index (χ3v) is 6.26. The summed E-state index contributed by atoms with van der Waals surface area (Å²) in [6, 6.07) is 21.7. The molecule has 4 rings (SSSR count). The molecular weight excluding hydrogens is 512 g/mol. The zero-order chi connectivity index (χ0) is 28.8. The summed E-state index contributed by atoms with van der Waals surface area (Å²) < 4.78 is 21.0. The van der Waals surface area contributed by atoms with Crippen LogP contribution in [0.2, 0.25) is 0 Å². The molecule has 0 fully saturated rings. The number of rotatable bonds is 11. The van der Waals surface area contributed by atoms with Gasteiger partial charge >= 0.3 is 0 Å². The maximum absolute atomic E-state index is 13.2. The Balaban J connectivity index is 1.71. The minimum atomic E-state index is -0.737. The molecule has 0 N–H and O–H groups in total. The molecule has 0 heterocycles. The Morgan fingerprint density at radius 3 is 0.975 bits per heavy atom. The second-order valence-corrected chi connectivity index (χ2v) is 8.67. The van der Waals surface area contributed by atoms with Crippen LogP contribution in [0.4, 0.5) is 0 Å². The molecule has 0 aliphatic heterocycles. The first-order chi connectivity index (χ1) is 19.3. The van der Waals surface area contributed by atoms with E-state index in [1.165, 1.54) is 77.0 Å². The first-order valence-electron chi connectivity index (χ1n) is 12.1. The van der Waals surface area contributed by atoms with E-state index in [4.69, 9.17) is 18.9 Å². The third-order valence-electron chi connectivity index (χ3n) is 6.26. The van der Waals surface area contributed by atoms with Crippen molar-refractivity contribution >= 4 is 23.1 Å². The monoisotopic (exact) mass is 538 g/mol. The molecule has 0 aliphatic carbocycles. The van der Waals surface area contributed by atoms with E-state index in [0.717, 1.165) is 0 Å². The van der Waals surface area contributed by atoms with E-state index in [1.54, 1.807) is 36.4 Å². The van der Waals surface area contributed by atoms with E-state index in [9.17, 15) is 19.2 Å². The molecule has 0 saturated carbocycles. The highest BCUT2D eigenvalue weighted by atomic mass is 16.5. The van der Waals surface area contributed by atoms with Crippen LogP contribution in [0.15, 0.2) is 84.9 Å². The van der Waals surface area contributed by atoms with Crippen molar-refractivity contribution in [3.05, 3.63) is 107 Å². The lowest BCUT2D eigenvalue weighted by atomic mass is 9.94. The van der Waals surface area contributed by atoms with Crippen molar-refractivity contribution in [3.63, 3.8) is 0 Å². The zero-order valence-electron chi connectivity index (χ0n) is 22.3. The summed E-state index contributed by atoms with van der Waals surface area (Å²) in [7, 11) is 5.89. The molecule has 0 aliphatic rings. The lowest BCUT2D eigenvalue weighted by Gasteiger charge is -2.12. The van der Waals surface area contributed by atoms with Crippen LogP contribution >= 0.6 is 0 Å². The maximum atomic E-state index is 13.2. The number of hydrogen-bond donors (Lipinski definition) is 0. The Hall–Kier alpha value is -5.24. The van der Waals surface area contributed by atoms with Crippen molar-refractivity contribution in [3.8, 4) is 34.1 Å². The topological polar surface area (TPSA) is 105 Å². The molecule has 0 atom stereocenters. The van der Waals surface area contributed by atoms with Crippen LogP contribution in [0.25, 0.3) is 11.1 Å². The standard InChI is InChI=1S/C32H26O8/c1-37-25-9-5-19(6-10-25)29(33)31(35)23-13-21(15-27(17-23)39-3)22-14-24(18-28(16-22)40-4)32(36)30(34)20-7-11-26(38-2)12-8-20/h5-18H,1-4H3. The molecule has 0 aromatic heterocycles. The second kappa shape index (κ2) is 12.1. The molecule has 8 nitrogen and oxygen atoms in total. The number of benzene rings is 4. The number of carbonyl (C=O) groups excluding carboxylic acids is 4. The molecule has 0 radical (unpaired) electrons. The minimum absolute atomic E-state index is 0.0974. The lowest BCUT2D eigenvalue weighted by Crippen LogP contribution is -2.15. The Bertz CT molecular complexity index is 1460. The largest absolute Gasteiger partial charge is 0.497 e. The number of ether oxygens (including phenoxy) is 4. The molecule has 0 saturated heterocycles. The van der Waals surface area contributed by atoms with Gasteiger partial charge in [0.15, 0.2) is 0 Å². The minimum Gasteiger partial charge on any atom is -0.497 e. The molecule has 0 amide bonds. The normalized spacial score (nSPS) is 10.4. The molecule has 8 heteroatoms. The van der Waals surface area contributed by atoms with Crippen molar-refractivity contribution in [2.45, 2.75) is 0 Å². The molecule has 0 unspecified atom stereocenters. The van der Waals surface area contributed by atoms with Gasteiger partial charge in [-0.25, -0.2) is 0 Å². The van der Waals surface area contributed by atoms with E-state index in [1.807, 2.05) is 0 Å². The Morgan fingerprint density at radius 1 is 0.375 bits per heavy atom. The second-order valence-electron chi connectivity index (χ2n) is 8.67. The SMILES string of the molecule is COc1ccc(C(=O)C(=O)c2cc(OC)cc(-c3cc(OC)cc(C(=O)C(=O)c4ccc(OC)cc4)c3)c2)cc1. The molecule has 202 valence electrons. The van der Waals surface area contributed by atoms with Crippen LogP contribution in [-0.4, -0.2) is 51.6 Å². The predicted molar refractivity (Wildman–Crippen MR) is 148 cm³/mol. The molecule has 4 aromatic rings. The van der Waals surface area contributed by atoms with Gasteiger partial charge in [0.1, 0.15) is 23.0 Å². The van der Waals surface area contributed by atoms with E-state index in [2.05, 4.69) is 0 Å². The van der Waals surface area contributed by atoms with Gasteiger partial charge < -0.3 is 18.9 Å². The summed E-state index contributed by atoms with van der Waals surface area (Å²) in [6.45, 7) is 0. The van der Waals surface area contributed by atoms with Gasteiger partial charge in [-0.1, -0.05) is 0 Å². The summed E-state index contributed by atoms with van der Waals surface area (Å²) in [6.07, 6.45) is 0. The zero-order valence-corrected chi connectivity index (χ0v) is 22.3. The van der Waals surface area contributed by atoms with Crippen molar-refractivity contribution < 1.29 is 38.1 Å². The Morgan fingerprint density at radius 2 is 0.675 bits per heavy atom. The first-order valence-corrected chi connectivity index (χ1v) is 12.1. The van der Waals surface area contributed by atoms with Gasteiger partial charge in [-0.05, 0) is 96.1 Å². The highest BCUT2D eigenvalue weighted by Gasteiger charge is 2.23. The van der Waals surface area contributed by atoms with Gasteiger partial charge in [-0.3, -0.25) is 19.2 Å². The quantitative estimate of drug-likeness (QED) is 0.182. The van der Waals surface area contributed by atoms with E-state index in [0.29, 0.717) is 34.1 Å². The number of ketones is 4. The van der Waals surface area contributed by atoms with E-state index >= 15 is 0 Å². The van der Waals surface area contributed by atoms with Gasteiger partial charge in [0.25, 0.3) is 0 Å². The molecule has 40 heavy (non-hydrogen) atoms. The summed E-state index contributed by atoms with van der Waals surface area (Å²) >= 11 is 0. The van der Waals surface area contributed by atoms with Crippen molar-refractivity contribution in [2.75, 3.05) is 28.4 Å². The van der Waals surface area contributed by atoms with Crippen LogP contribution in [-0.2, 0) is 0 Å². The van der Waals surface area contributed by atoms with Gasteiger partial charge in [-0.2, -0.15) is 0 Å². The first kappa shape index (κ1) is 27.8. The van der Waals surface area contributed by atoms with Crippen LogP contribution in [0.1, 0.15) is 41.4 Å². The number of carbonyl (C=O) groups is 4. The van der Waals surface area contributed by atoms with E-state index < -0.39 is 23.1 Å². The molecule has 0 spiro atoms. The molecular formula is C32H26O8. The number of hydrogen-bond acceptors (Lipinski definition) is 8. The highest BCUT2D eigenvalue weighted by Crippen LogP contribution is 2.31. The van der Waals surface area contributed by atoms with Crippen LogP contribution in [0.5, 0.6) is 23.0 Å². The van der Waals surface area contributed by atoms with Gasteiger partial charge in [0.2, 0.25) is 23.1 Å². The summed E-state index contributed by atoms with van der Waals surface area (Å²) in [4.78, 5) is 52.2. The average molecular weight is 539 g/mol. The highest BCUT2D eigenvalue weighted by molar-refractivity contribution is 6.50. The summed E-state index contributed by atoms with van der Waals surface area (Å²) in [5.41, 5.74) is 1.58. The van der Waals surface area contributed by atoms with Gasteiger partial charge in [-0.15, -0.1) is 0 Å². The smallest absolute Gasteiger partial charge is 0.233 e. The summed E-state index contributed by atoms with van der Waals surface area (Å²) in [5.74, 6) is -1.11. The van der Waals surface area contributed by atoms with Crippen molar-refractivity contribution in [1.82, 2.24) is 0 Å². The molecule has 4 aromatic carbocycles. The van der Waals surface area contributed by atoms with Crippen LogP contribution in [0, 0.1) is 0 Å². The van der Waals surface area contributed by atoms with Gasteiger partial charge in [0.05, 0.1) is 28.4 Å². The number of Topliss-reactive ketones (excluding diaryl/α,β-unsaturated/α-hetero) is 4. The lowest BCUT2D eigenvalue weighted by molar-refractivity contribution is 0.0816. The predicted octanol–water partition coefficient (Wildman–Crippen LogP) is 5.52. The Labute approximate surface area is 231 Å². The fraction of sp³-hybridized carbons (Fsp3) is 0.125. The Kier molecular flexibility index (Phi) is 8.39. The fourth-order valence-corrected chi connectivity index (χ4v) is 4.04. The van der Waals surface area contributed by atoms with Crippen molar-refractivity contribution in [2.24, 2.45) is 0 Å². The van der Waals surface area contributed by atoms with Gasteiger partial charge in [0, 0.05) is 22.3 Å². The third kappa shape index (κ3) is 5.91. The summed E-state index contributed by atoms with van der Waals surface area (Å²) in [5, 5.41) is 0. The van der Waals surface area contributed by atoms with Crippen LogP contribution < -0.4 is 18.9 Å². The fourth-order valence-electron chi connectivity index (χ4n) is 4.04. The molecule has 0 bridgehead atoms. The van der Waals surface area contributed by atoms with Crippen LogP contribution in [0.3, 0.4) is 0 Å². The van der Waals surface area contributed by atoms with E-state index in [-0.39, 0.29) is 22.3 Å². The number of methoxy groups -OCH3 is 4. The average Bonchev–Trinajstić information content (AvgIpc) is 3.02. The van der Waals surface area contributed by atoms with Crippen molar-refractivity contribution in [1.29, 1.82) is 0 Å². The maximum Gasteiger partial charge on any atom is 0.233 e.